The second-order valence-electron chi connectivity index (χ2n) is 17.7. The van der Waals surface area contributed by atoms with Crippen molar-refractivity contribution in [3.05, 3.63) is 93.5 Å². The van der Waals surface area contributed by atoms with Crippen molar-refractivity contribution < 1.29 is 10.7 Å². The van der Waals surface area contributed by atoms with Crippen molar-refractivity contribution in [3.63, 3.8) is 0 Å². The minimum absolute atomic E-state index is 0.109. The summed E-state index contributed by atoms with van der Waals surface area (Å²) in [5.74, 6) is 0. The van der Waals surface area contributed by atoms with Crippen LogP contribution in [0.25, 0.3) is 0 Å². The zero-order valence-corrected chi connectivity index (χ0v) is 38.1. The first-order valence-corrected chi connectivity index (χ1v) is 32.6. The van der Waals surface area contributed by atoms with Crippen molar-refractivity contribution in [2.24, 2.45) is 0 Å². The number of anilines is 2. The van der Waals surface area contributed by atoms with Crippen molar-refractivity contribution in [2.75, 3.05) is 22.9 Å². The predicted octanol–water partition coefficient (Wildman–Crippen LogP) is 14.1. The number of hydrogen-bond donors (Lipinski definition) is 0. The van der Waals surface area contributed by atoms with E-state index in [4.69, 9.17) is 0 Å². The molecule has 0 atom stereocenters. The molecule has 0 aromatic heterocycles. The fourth-order valence-electron chi connectivity index (χ4n) is 12.4. The SMILES string of the molecule is Cc1cc(C)c(N2CCN(c3c(C)cc(C)cc3C)C2[CH2][Ru]([Cl])([Cl])(=[CH]c2ccccc2)[PH](C2CCCCC2)(C2CCCCC2)C2CCCCC2)c(C)c1. The van der Waals surface area contributed by atoms with Gasteiger partial charge in [-0.05, 0) is 0 Å². The Balaban J connectivity index is 1.53. The second kappa shape index (κ2) is 16.3. The molecule has 1 saturated heterocycles. The third-order valence-electron chi connectivity index (χ3n) is 13.9. The van der Waals surface area contributed by atoms with E-state index in [1.165, 1.54) is 147 Å². The Morgan fingerprint density at radius 2 is 0.925 bits per heavy atom. The third-order valence-corrected chi connectivity index (χ3v) is 51.6. The number of rotatable bonds is 9. The van der Waals surface area contributed by atoms with E-state index in [1.807, 2.05) is 0 Å². The second-order valence-corrected chi connectivity index (χ2v) is 47.4. The van der Waals surface area contributed by atoms with Crippen LogP contribution in [0.15, 0.2) is 54.6 Å². The van der Waals surface area contributed by atoms with Crippen LogP contribution >= 0.6 is 25.0 Å². The number of halogens is 2. The molecular formula is C47H69Cl2N2PRu. The Morgan fingerprint density at radius 1 is 0.566 bits per heavy atom. The van der Waals surface area contributed by atoms with Crippen LogP contribution in [0, 0.1) is 41.5 Å². The number of benzene rings is 3. The molecule has 7 rings (SSSR count). The van der Waals surface area contributed by atoms with Gasteiger partial charge in [0.15, 0.2) is 0 Å². The Bertz CT molecular complexity index is 1660. The van der Waals surface area contributed by atoms with Gasteiger partial charge in [0.25, 0.3) is 0 Å². The van der Waals surface area contributed by atoms with Crippen LogP contribution in [-0.4, -0.2) is 40.8 Å². The third kappa shape index (κ3) is 7.63. The van der Waals surface area contributed by atoms with Crippen LogP contribution < -0.4 is 9.80 Å². The van der Waals surface area contributed by atoms with Gasteiger partial charge in [0.05, 0.1) is 0 Å². The van der Waals surface area contributed by atoms with Gasteiger partial charge in [-0.1, -0.05) is 0 Å². The maximum atomic E-state index is 9.34. The van der Waals surface area contributed by atoms with Crippen molar-refractivity contribution in [1.82, 2.24) is 0 Å². The van der Waals surface area contributed by atoms with Gasteiger partial charge in [0, 0.05) is 0 Å². The van der Waals surface area contributed by atoms with Gasteiger partial charge in [0.2, 0.25) is 0 Å². The van der Waals surface area contributed by atoms with Crippen LogP contribution in [0.5, 0.6) is 0 Å². The first kappa shape index (κ1) is 40.0. The molecule has 294 valence electrons. The quantitative estimate of drug-likeness (QED) is 0.156. The van der Waals surface area contributed by atoms with Crippen molar-refractivity contribution >= 4 is 41.0 Å². The molecule has 1 heterocycles. The standard InChI is InChI=1S/C22H29N2.C18H33P.C7H6.2ClH.Ru/c1-14-10-16(3)21(17(4)11-14)23-8-9-24(20(23)7)22-18(5)12-15(2)13-19(22)6;1-4-10-16(11-5-1)19(17-12-6-2-7-13-17)18-14-8-3-9-15-18;1-7-5-3-2-4-6-7;;;/h10-13,20H,7-9H2,1-6H3;16-18H,1-15H2;1-6H;2*1H;/q;;;;;+1/p-1. The summed E-state index contributed by atoms with van der Waals surface area (Å²) in [7, 11) is 14.2. The van der Waals surface area contributed by atoms with E-state index in [9.17, 15) is 19.4 Å². The molecule has 3 saturated carbocycles. The summed E-state index contributed by atoms with van der Waals surface area (Å²) >= 11 is 0. The summed E-state index contributed by atoms with van der Waals surface area (Å²) in [6.45, 7) is 15.8. The summed E-state index contributed by atoms with van der Waals surface area (Å²) in [4.78, 5) is 5.60. The number of aryl methyl sites for hydroxylation is 6. The molecule has 2 nitrogen and oxygen atoms in total. The van der Waals surface area contributed by atoms with E-state index in [0.717, 1.165) is 35.1 Å². The molecule has 6 heteroatoms. The van der Waals surface area contributed by atoms with Gasteiger partial charge >= 0.3 is 334 Å². The fraction of sp³-hybridized carbons (Fsp3) is 0.596. The fourth-order valence-corrected chi connectivity index (χ4v) is 60.0. The van der Waals surface area contributed by atoms with E-state index in [-0.39, 0.29) is 6.17 Å². The molecule has 53 heavy (non-hydrogen) atoms. The molecule has 0 bridgehead atoms. The van der Waals surface area contributed by atoms with Crippen molar-refractivity contribution in [3.8, 4) is 0 Å². The molecule has 0 radical (unpaired) electrons. The normalized spacial score (nSPS) is 21.5. The summed E-state index contributed by atoms with van der Waals surface area (Å²) in [6.07, 6.45) is 20.6. The van der Waals surface area contributed by atoms with Gasteiger partial charge in [-0.25, -0.2) is 0 Å². The van der Waals surface area contributed by atoms with Gasteiger partial charge in [-0.3, -0.25) is 0 Å². The van der Waals surface area contributed by atoms with Crippen LogP contribution in [0.3, 0.4) is 0 Å². The first-order valence-electron chi connectivity index (χ1n) is 21.2. The molecule has 0 amide bonds. The molecule has 4 fully saturated rings. The van der Waals surface area contributed by atoms with Crippen LogP contribution in [0.2, 0.25) is 5.02 Å². The number of nitrogens with zero attached hydrogens (tertiary/aromatic N) is 2. The Hall–Kier alpha value is -1.24. The van der Waals surface area contributed by atoms with Crippen molar-refractivity contribution in [1.29, 1.82) is 0 Å². The van der Waals surface area contributed by atoms with E-state index in [0.29, 0.717) is 0 Å². The average Bonchev–Trinajstić information content (AvgIpc) is 3.50. The molecule has 0 N–H and O–H groups in total. The topological polar surface area (TPSA) is 6.48 Å². The summed E-state index contributed by atoms with van der Waals surface area (Å²) in [5, 5.41) is 0.907. The first-order chi connectivity index (χ1) is 25.4. The van der Waals surface area contributed by atoms with Crippen LogP contribution in [0.1, 0.15) is 135 Å². The van der Waals surface area contributed by atoms with Crippen LogP contribution in [0.4, 0.5) is 11.4 Å². The Morgan fingerprint density at radius 3 is 1.28 bits per heavy atom. The Kier molecular flexibility index (Phi) is 12.3. The summed E-state index contributed by atoms with van der Waals surface area (Å²) < 4.78 is 2.68. The van der Waals surface area contributed by atoms with Gasteiger partial charge < -0.3 is 0 Å². The Labute approximate surface area is 332 Å². The van der Waals surface area contributed by atoms with Gasteiger partial charge in [-0.15, -0.1) is 0 Å². The van der Waals surface area contributed by atoms with Crippen LogP contribution in [-0.2, 0) is 10.7 Å². The molecular weight excluding hydrogens is 795 g/mol. The molecule has 3 aromatic rings. The van der Waals surface area contributed by atoms with E-state index >= 15 is 0 Å². The molecule has 3 aromatic carbocycles. The molecule has 0 unspecified atom stereocenters. The molecule has 0 spiro atoms. The maximum absolute atomic E-state index is 9.34. The predicted molar refractivity (Wildman–Crippen MR) is 237 cm³/mol. The zero-order valence-electron chi connectivity index (χ0n) is 33.8. The van der Waals surface area contributed by atoms with E-state index in [2.05, 4.69) is 111 Å². The summed E-state index contributed by atoms with van der Waals surface area (Å²) in [5.41, 5.74) is 12.0. The average molecular weight is 865 g/mol. The van der Waals surface area contributed by atoms with E-state index < -0.39 is 16.3 Å². The number of hydrogen-bond acceptors (Lipinski definition) is 2. The van der Waals surface area contributed by atoms with Gasteiger partial charge in [-0.2, -0.15) is 0 Å². The zero-order chi connectivity index (χ0) is 37.4. The minimum atomic E-state index is -4.53. The van der Waals surface area contributed by atoms with Crippen molar-refractivity contribution in [2.45, 2.75) is 166 Å². The van der Waals surface area contributed by atoms with Gasteiger partial charge in [0.1, 0.15) is 0 Å². The van der Waals surface area contributed by atoms with E-state index in [1.54, 1.807) is 0 Å². The molecule has 1 aliphatic heterocycles. The molecule has 3 aliphatic carbocycles. The monoisotopic (exact) mass is 864 g/mol. The summed E-state index contributed by atoms with van der Waals surface area (Å²) in [6, 6.07) is 20.9. The molecule has 4 aliphatic rings.